The van der Waals surface area contributed by atoms with Crippen LogP contribution in [0.25, 0.3) is 0 Å². The fourth-order valence-corrected chi connectivity index (χ4v) is 1.84. The molecule has 0 unspecified atom stereocenters. The molecule has 1 rings (SSSR count). The number of carbonyl (C=O) groups is 2. The third-order valence-corrected chi connectivity index (χ3v) is 3.19. The Hall–Kier alpha value is -1.92. The van der Waals surface area contributed by atoms with E-state index in [1.54, 1.807) is 12.1 Å². The Balaban J connectivity index is 2.45. The molecule has 0 aromatic heterocycles. The van der Waals surface area contributed by atoms with Gasteiger partial charge in [0.25, 0.3) is 0 Å². The smallest absolute Gasteiger partial charge is 0.313 e. The Labute approximate surface area is 131 Å². The second kappa shape index (κ2) is 9.92. The molecule has 0 aliphatic rings. The maximum absolute atomic E-state index is 11.8. The van der Waals surface area contributed by atoms with Gasteiger partial charge in [-0.25, -0.2) is 0 Å². The number of benzene rings is 1. The summed E-state index contributed by atoms with van der Waals surface area (Å²) in [6.07, 6.45) is 2.71. The van der Waals surface area contributed by atoms with E-state index in [9.17, 15) is 9.59 Å². The Morgan fingerprint density at radius 3 is 2.27 bits per heavy atom. The van der Waals surface area contributed by atoms with Gasteiger partial charge in [-0.3, -0.25) is 9.59 Å². The minimum Gasteiger partial charge on any atom is -0.354 e. The van der Waals surface area contributed by atoms with Crippen molar-refractivity contribution in [2.45, 2.75) is 32.5 Å². The van der Waals surface area contributed by atoms with Crippen molar-refractivity contribution in [1.82, 2.24) is 5.32 Å². The Bertz CT molecular complexity index is 470. The van der Waals surface area contributed by atoms with Crippen molar-refractivity contribution in [3.63, 3.8) is 0 Å². The van der Waals surface area contributed by atoms with Gasteiger partial charge in [-0.15, -0.1) is 0 Å². The van der Waals surface area contributed by atoms with Crippen LogP contribution in [-0.4, -0.2) is 38.9 Å². The highest BCUT2D eigenvalue weighted by molar-refractivity contribution is 6.39. The van der Waals surface area contributed by atoms with Crippen molar-refractivity contribution >= 4 is 17.5 Å². The summed E-state index contributed by atoms with van der Waals surface area (Å²) in [7, 11) is 2.92. The first-order valence-electron chi connectivity index (χ1n) is 7.34. The third kappa shape index (κ3) is 6.24. The number of unbranched alkanes of at least 4 members (excludes halogenated alkanes) is 1. The zero-order valence-electron chi connectivity index (χ0n) is 13.3. The highest BCUT2D eigenvalue weighted by Crippen LogP contribution is 2.11. The molecule has 122 valence electrons. The van der Waals surface area contributed by atoms with E-state index >= 15 is 0 Å². The second-order valence-electron chi connectivity index (χ2n) is 4.87. The topological polar surface area (TPSA) is 76.7 Å². The third-order valence-electron chi connectivity index (χ3n) is 3.19. The Morgan fingerprint density at radius 2 is 1.73 bits per heavy atom. The first kappa shape index (κ1) is 18.1. The fraction of sp³-hybridized carbons (Fsp3) is 0.500. The maximum atomic E-state index is 11.8. The van der Waals surface area contributed by atoms with E-state index in [4.69, 9.17) is 9.47 Å². The number of aryl methyl sites for hydroxylation is 1. The van der Waals surface area contributed by atoms with Gasteiger partial charge in [0, 0.05) is 19.9 Å². The summed E-state index contributed by atoms with van der Waals surface area (Å²) in [5.74, 6) is -1.44. The van der Waals surface area contributed by atoms with Crippen LogP contribution in [0.3, 0.4) is 0 Å². The Morgan fingerprint density at radius 1 is 1.09 bits per heavy atom. The van der Waals surface area contributed by atoms with Gasteiger partial charge in [0.2, 0.25) is 0 Å². The van der Waals surface area contributed by atoms with Crippen LogP contribution in [0.5, 0.6) is 0 Å². The number of methoxy groups -OCH3 is 2. The zero-order chi connectivity index (χ0) is 16.4. The lowest BCUT2D eigenvalue weighted by Crippen LogP contribution is -2.40. The van der Waals surface area contributed by atoms with Crippen LogP contribution in [-0.2, 0) is 25.5 Å². The van der Waals surface area contributed by atoms with Gasteiger partial charge in [0.05, 0.1) is 6.54 Å². The molecule has 0 radical (unpaired) electrons. The summed E-state index contributed by atoms with van der Waals surface area (Å²) in [5, 5.41) is 5.00. The molecule has 0 fully saturated rings. The first-order valence-corrected chi connectivity index (χ1v) is 7.34. The normalized spacial score (nSPS) is 10.5. The van der Waals surface area contributed by atoms with Gasteiger partial charge in [0.1, 0.15) is 0 Å². The maximum Gasteiger partial charge on any atom is 0.313 e. The van der Waals surface area contributed by atoms with Crippen LogP contribution in [0.4, 0.5) is 5.69 Å². The number of carbonyl (C=O) groups excluding carboxylic acids is 2. The van der Waals surface area contributed by atoms with Crippen LogP contribution < -0.4 is 10.6 Å². The number of anilines is 1. The molecule has 0 saturated heterocycles. The van der Waals surface area contributed by atoms with Crippen molar-refractivity contribution in [3.05, 3.63) is 29.8 Å². The summed E-state index contributed by atoms with van der Waals surface area (Å²) >= 11 is 0. The lowest BCUT2D eigenvalue weighted by atomic mass is 10.1. The molecule has 0 aliphatic heterocycles. The van der Waals surface area contributed by atoms with Crippen LogP contribution in [0.15, 0.2) is 24.3 Å². The van der Waals surface area contributed by atoms with Crippen molar-refractivity contribution in [2.24, 2.45) is 0 Å². The molecular weight excluding hydrogens is 284 g/mol. The second-order valence-corrected chi connectivity index (χ2v) is 4.87. The molecule has 6 nitrogen and oxygen atoms in total. The highest BCUT2D eigenvalue weighted by Gasteiger charge is 2.15. The SMILES string of the molecule is CCCCc1ccc(NC(=O)C(=O)NCC(OC)OC)cc1. The largest absolute Gasteiger partial charge is 0.354 e. The summed E-state index contributed by atoms with van der Waals surface area (Å²) in [6.45, 7) is 2.25. The molecule has 1 aromatic rings. The number of nitrogens with one attached hydrogen (secondary N) is 2. The van der Waals surface area contributed by atoms with E-state index in [2.05, 4.69) is 17.6 Å². The predicted molar refractivity (Wildman–Crippen MR) is 84.5 cm³/mol. The average molecular weight is 308 g/mol. The molecular formula is C16H24N2O4. The quantitative estimate of drug-likeness (QED) is 0.566. The minimum atomic E-state index is -0.728. The number of ether oxygens (including phenoxy) is 2. The van der Waals surface area contributed by atoms with E-state index in [-0.39, 0.29) is 6.54 Å². The highest BCUT2D eigenvalue weighted by atomic mass is 16.7. The van der Waals surface area contributed by atoms with E-state index < -0.39 is 18.1 Å². The molecule has 2 N–H and O–H groups in total. The van der Waals surface area contributed by atoms with Crippen LogP contribution in [0.1, 0.15) is 25.3 Å². The van der Waals surface area contributed by atoms with Crippen LogP contribution in [0, 0.1) is 0 Å². The summed E-state index contributed by atoms with van der Waals surface area (Å²) in [6, 6.07) is 7.50. The van der Waals surface area contributed by atoms with E-state index in [1.165, 1.54) is 19.8 Å². The lowest BCUT2D eigenvalue weighted by Gasteiger charge is -2.13. The number of rotatable bonds is 8. The lowest BCUT2D eigenvalue weighted by molar-refractivity contribution is -0.139. The standard InChI is InChI=1S/C16H24N2O4/c1-4-5-6-12-7-9-13(10-8-12)18-16(20)15(19)17-11-14(21-2)22-3/h7-10,14H,4-6,11H2,1-3H3,(H,17,19)(H,18,20). The summed E-state index contributed by atoms with van der Waals surface area (Å²) in [5.41, 5.74) is 1.81. The van der Waals surface area contributed by atoms with Gasteiger partial charge in [-0.2, -0.15) is 0 Å². The van der Waals surface area contributed by atoms with Crippen LogP contribution in [0.2, 0.25) is 0 Å². The van der Waals surface area contributed by atoms with E-state index in [0.717, 1.165) is 19.3 Å². The van der Waals surface area contributed by atoms with Crippen LogP contribution >= 0.6 is 0 Å². The van der Waals surface area contributed by atoms with Gasteiger partial charge >= 0.3 is 11.8 Å². The zero-order valence-corrected chi connectivity index (χ0v) is 13.3. The number of hydrogen-bond acceptors (Lipinski definition) is 4. The van der Waals surface area contributed by atoms with E-state index in [1.807, 2.05) is 12.1 Å². The monoisotopic (exact) mass is 308 g/mol. The minimum absolute atomic E-state index is 0.106. The molecule has 6 heteroatoms. The average Bonchev–Trinajstić information content (AvgIpc) is 2.54. The molecule has 0 spiro atoms. The van der Waals surface area contributed by atoms with Gasteiger partial charge < -0.3 is 20.1 Å². The predicted octanol–water partition coefficient (Wildman–Crippen LogP) is 1.70. The molecule has 0 bridgehead atoms. The Kier molecular flexibility index (Phi) is 8.17. The van der Waals surface area contributed by atoms with Gasteiger partial charge in [-0.05, 0) is 30.5 Å². The molecule has 0 heterocycles. The van der Waals surface area contributed by atoms with Crippen molar-refractivity contribution < 1.29 is 19.1 Å². The van der Waals surface area contributed by atoms with Crippen molar-refractivity contribution in [2.75, 3.05) is 26.1 Å². The summed E-state index contributed by atoms with van der Waals surface area (Å²) in [4.78, 5) is 23.4. The van der Waals surface area contributed by atoms with Gasteiger partial charge in [0.15, 0.2) is 6.29 Å². The first-order chi connectivity index (χ1) is 10.6. The van der Waals surface area contributed by atoms with Gasteiger partial charge in [-0.1, -0.05) is 25.5 Å². The molecule has 1 aromatic carbocycles. The number of hydrogen-bond donors (Lipinski definition) is 2. The number of amides is 2. The molecule has 0 atom stereocenters. The van der Waals surface area contributed by atoms with E-state index in [0.29, 0.717) is 5.69 Å². The molecule has 22 heavy (non-hydrogen) atoms. The molecule has 2 amide bonds. The summed E-state index contributed by atoms with van der Waals surface area (Å²) < 4.78 is 9.85. The van der Waals surface area contributed by atoms with Crippen molar-refractivity contribution in [1.29, 1.82) is 0 Å². The van der Waals surface area contributed by atoms with Crippen molar-refractivity contribution in [3.8, 4) is 0 Å². The fourth-order valence-electron chi connectivity index (χ4n) is 1.84. The molecule has 0 aliphatic carbocycles. The molecule has 0 saturated carbocycles.